The molecule has 0 amide bonds. The number of aromatic nitrogens is 3. The highest BCUT2D eigenvalue weighted by Crippen LogP contribution is 2.52. The lowest BCUT2D eigenvalue weighted by Gasteiger charge is -2.24. The normalized spacial score (nSPS) is 13.2. The van der Waals surface area contributed by atoms with E-state index in [0.717, 1.165) is 34.0 Å². The summed E-state index contributed by atoms with van der Waals surface area (Å²) in [5.41, 5.74) is 13.5. The Kier molecular flexibility index (Phi) is 5.85. The molecule has 2 heterocycles. The van der Waals surface area contributed by atoms with E-state index in [9.17, 15) is 0 Å². The Balaban J connectivity index is 1.21. The number of rotatable bonds is 4. The molecule has 218 valence electrons. The van der Waals surface area contributed by atoms with Crippen molar-refractivity contribution in [3.05, 3.63) is 163 Å². The van der Waals surface area contributed by atoms with E-state index in [1.165, 1.54) is 49.6 Å². The Hall–Kier alpha value is -5.80. The lowest BCUT2D eigenvalue weighted by Crippen LogP contribution is -2.17. The van der Waals surface area contributed by atoms with Crippen LogP contribution in [-0.2, 0) is 5.41 Å². The van der Waals surface area contributed by atoms with Crippen LogP contribution in [0.15, 0.2) is 152 Å². The number of nitrogens with zero attached hydrogens (tertiary/aromatic N) is 3. The van der Waals surface area contributed by atoms with Crippen molar-refractivity contribution >= 4 is 21.8 Å². The van der Waals surface area contributed by atoms with Gasteiger partial charge in [-0.05, 0) is 47.0 Å². The zero-order valence-electron chi connectivity index (χ0n) is 25.8. The molecule has 0 fully saturated rings. The van der Waals surface area contributed by atoms with E-state index in [4.69, 9.17) is 9.97 Å². The van der Waals surface area contributed by atoms with Crippen molar-refractivity contribution in [3.8, 4) is 50.7 Å². The van der Waals surface area contributed by atoms with Gasteiger partial charge in [0.2, 0.25) is 0 Å². The molecule has 9 rings (SSSR count). The molecule has 3 nitrogen and oxygen atoms in total. The van der Waals surface area contributed by atoms with Crippen LogP contribution >= 0.6 is 0 Å². The molecule has 8 aromatic rings. The third-order valence-corrected chi connectivity index (χ3v) is 9.58. The topological polar surface area (TPSA) is 30.7 Å². The SMILES string of the molecule is CC1(C)c2cc(-c3cccc(-n4c5ccccc5c5ccccc54)c3)ccc2-c2nc(-c3ccccc3)nc(-c3ccccc3)c21. The molecule has 0 bridgehead atoms. The highest BCUT2D eigenvalue weighted by Gasteiger charge is 2.40. The lowest BCUT2D eigenvalue weighted by atomic mass is 9.80. The minimum absolute atomic E-state index is 0.286. The molecule has 46 heavy (non-hydrogen) atoms. The molecule has 6 aromatic carbocycles. The molecule has 0 spiro atoms. The fourth-order valence-corrected chi connectivity index (χ4v) is 7.38. The van der Waals surface area contributed by atoms with Crippen LogP contribution in [0, 0.1) is 0 Å². The van der Waals surface area contributed by atoms with Gasteiger partial charge in [0.15, 0.2) is 5.82 Å². The lowest BCUT2D eigenvalue weighted by molar-refractivity contribution is 0.658. The van der Waals surface area contributed by atoms with Gasteiger partial charge >= 0.3 is 0 Å². The Morgan fingerprint density at radius 3 is 1.74 bits per heavy atom. The fraction of sp³-hybridized carbons (Fsp3) is 0.0698. The first-order chi connectivity index (χ1) is 22.6. The second-order valence-electron chi connectivity index (χ2n) is 12.7. The minimum atomic E-state index is -0.286. The first kappa shape index (κ1) is 26.6. The van der Waals surface area contributed by atoms with Gasteiger partial charge in [-0.1, -0.05) is 135 Å². The van der Waals surface area contributed by atoms with Crippen LogP contribution in [0.4, 0.5) is 0 Å². The van der Waals surface area contributed by atoms with Gasteiger partial charge in [0.25, 0.3) is 0 Å². The Morgan fingerprint density at radius 2 is 1.04 bits per heavy atom. The third kappa shape index (κ3) is 3.98. The van der Waals surface area contributed by atoms with E-state index >= 15 is 0 Å². The maximum atomic E-state index is 5.24. The van der Waals surface area contributed by atoms with Crippen LogP contribution < -0.4 is 0 Å². The molecule has 1 aliphatic rings. The van der Waals surface area contributed by atoms with E-state index in [0.29, 0.717) is 0 Å². The summed E-state index contributed by atoms with van der Waals surface area (Å²) < 4.78 is 2.38. The van der Waals surface area contributed by atoms with E-state index in [-0.39, 0.29) is 5.41 Å². The molecule has 0 atom stereocenters. The van der Waals surface area contributed by atoms with Crippen molar-refractivity contribution in [1.29, 1.82) is 0 Å². The average molecular weight is 590 g/mol. The smallest absolute Gasteiger partial charge is 0.160 e. The average Bonchev–Trinajstić information content (AvgIpc) is 3.57. The van der Waals surface area contributed by atoms with E-state index in [1.807, 2.05) is 18.2 Å². The summed E-state index contributed by atoms with van der Waals surface area (Å²) in [4.78, 5) is 10.5. The van der Waals surface area contributed by atoms with Gasteiger partial charge in [0.1, 0.15) is 0 Å². The predicted octanol–water partition coefficient (Wildman–Crippen LogP) is 10.9. The minimum Gasteiger partial charge on any atom is -0.309 e. The van der Waals surface area contributed by atoms with Crippen molar-refractivity contribution in [3.63, 3.8) is 0 Å². The number of para-hydroxylation sites is 2. The van der Waals surface area contributed by atoms with Crippen LogP contribution in [0.3, 0.4) is 0 Å². The first-order valence-corrected chi connectivity index (χ1v) is 15.9. The molecule has 0 aliphatic heterocycles. The fourth-order valence-electron chi connectivity index (χ4n) is 7.38. The number of hydrogen-bond acceptors (Lipinski definition) is 2. The van der Waals surface area contributed by atoms with Crippen LogP contribution in [-0.4, -0.2) is 14.5 Å². The summed E-state index contributed by atoms with van der Waals surface area (Å²) in [7, 11) is 0. The van der Waals surface area contributed by atoms with Gasteiger partial charge in [0.05, 0.1) is 22.4 Å². The molecular formula is C43H31N3. The van der Waals surface area contributed by atoms with Crippen molar-refractivity contribution in [2.45, 2.75) is 19.3 Å². The van der Waals surface area contributed by atoms with Crippen molar-refractivity contribution in [2.24, 2.45) is 0 Å². The molecule has 0 N–H and O–H groups in total. The standard InChI is InChI=1S/C43H31N3/c1-43(2)36-27-31(30-18-13-19-32(26-30)46-37-22-11-9-20-33(37)34-21-10-12-23-38(34)46)24-25-35(36)41-39(43)40(28-14-5-3-6-15-28)44-42(45-41)29-16-7-4-8-17-29/h3-27H,1-2H3. The van der Waals surface area contributed by atoms with Gasteiger partial charge < -0.3 is 4.57 Å². The Morgan fingerprint density at radius 1 is 0.478 bits per heavy atom. The Bertz CT molecular complexity index is 2380. The molecule has 0 radical (unpaired) electrons. The third-order valence-electron chi connectivity index (χ3n) is 9.58. The summed E-state index contributed by atoms with van der Waals surface area (Å²) in [5, 5.41) is 2.54. The van der Waals surface area contributed by atoms with E-state index < -0.39 is 0 Å². The van der Waals surface area contributed by atoms with Gasteiger partial charge in [-0.25, -0.2) is 9.97 Å². The van der Waals surface area contributed by atoms with E-state index in [2.05, 4.69) is 152 Å². The molecule has 3 heteroatoms. The quantitative estimate of drug-likeness (QED) is 0.204. The van der Waals surface area contributed by atoms with Crippen LogP contribution in [0.25, 0.3) is 72.5 Å². The predicted molar refractivity (Wildman–Crippen MR) is 190 cm³/mol. The number of hydrogen-bond donors (Lipinski definition) is 0. The van der Waals surface area contributed by atoms with Crippen molar-refractivity contribution in [1.82, 2.24) is 14.5 Å². The summed E-state index contributed by atoms with van der Waals surface area (Å²) in [6.45, 7) is 4.63. The molecule has 0 saturated carbocycles. The molecule has 1 aliphatic carbocycles. The number of benzene rings is 6. The largest absolute Gasteiger partial charge is 0.309 e. The van der Waals surface area contributed by atoms with Gasteiger partial charge in [-0.2, -0.15) is 0 Å². The second kappa shape index (κ2) is 10.1. The maximum Gasteiger partial charge on any atom is 0.160 e. The highest BCUT2D eigenvalue weighted by molar-refractivity contribution is 6.09. The zero-order valence-corrected chi connectivity index (χ0v) is 25.8. The van der Waals surface area contributed by atoms with Crippen molar-refractivity contribution < 1.29 is 0 Å². The molecule has 0 saturated heterocycles. The first-order valence-electron chi connectivity index (χ1n) is 15.9. The van der Waals surface area contributed by atoms with Crippen LogP contribution in [0.1, 0.15) is 25.0 Å². The molecule has 2 aromatic heterocycles. The van der Waals surface area contributed by atoms with Gasteiger partial charge in [-0.15, -0.1) is 0 Å². The summed E-state index contributed by atoms with van der Waals surface area (Å²) in [5.74, 6) is 0.754. The van der Waals surface area contributed by atoms with E-state index in [1.54, 1.807) is 0 Å². The maximum absolute atomic E-state index is 5.24. The molecular weight excluding hydrogens is 558 g/mol. The Labute approximate surface area is 268 Å². The van der Waals surface area contributed by atoms with Gasteiger partial charge in [-0.3, -0.25) is 0 Å². The monoisotopic (exact) mass is 589 g/mol. The second-order valence-corrected chi connectivity index (χ2v) is 12.7. The van der Waals surface area contributed by atoms with Crippen molar-refractivity contribution in [2.75, 3.05) is 0 Å². The van der Waals surface area contributed by atoms with Crippen LogP contribution in [0.5, 0.6) is 0 Å². The summed E-state index contributed by atoms with van der Waals surface area (Å²) in [6, 6.07) is 54.0. The van der Waals surface area contributed by atoms with Gasteiger partial charge in [0, 0.05) is 44.1 Å². The molecule has 0 unspecified atom stereocenters. The highest BCUT2D eigenvalue weighted by atomic mass is 15.0. The van der Waals surface area contributed by atoms with Crippen LogP contribution in [0.2, 0.25) is 0 Å². The summed E-state index contributed by atoms with van der Waals surface area (Å²) in [6.07, 6.45) is 0. The summed E-state index contributed by atoms with van der Waals surface area (Å²) >= 11 is 0. The zero-order chi connectivity index (χ0) is 30.8. The number of fused-ring (bicyclic) bond motifs is 6.